The van der Waals surface area contributed by atoms with Crippen LogP contribution in [0.1, 0.15) is 6.42 Å². The van der Waals surface area contributed by atoms with Gasteiger partial charge in [0.1, 0.15) is 5.69 Å². The number of anilines is 2. The molecule has 8 nitrogen and oxygen atoms in total. The summed E-state index contributed by atoms with van der Waals surface area (Å²) in [5, 5.41) is 12.0. The molecule has 0 radical (unpaired) electrons. The molecular formula is C15H13N5O3S. The maximum atomic E-state index is 12.4. The van der Waals surface area contributed by atoms with Crippen molar-refractivity contribution in [1.82, 2.24) is 15.2 Å². The van der Waals surface area contributed by atoms with Crippen LogP contribution in [0.5, 0.6) is 0 Å². The van der Waals surface area contributed by atoms with E-state index in [4.69, 9.17) is 4.42 Å². The van der Waals surface area contributed by atoms with Crippen molar-refractivity contribution in [3.63, 3.8) is 0 Å². The number of H-pyrrole nitrogens is 1. The second-order valence-corrected chi connectivity index (χ2v) is 6.23. The zero-order valence-electron chi connectivity index (χ0n) is 12.4. The minimum Gasteiger partial charge on any atom is -0.463 e. The largest absolute Gasteiger partial charge is 0.463 e. The van der Waals surface area contributed by atoms with Gasteiger partial charge >= 0.3 is 0 Å². The van der Waals surface area contributed by atoms with Gasteiger partial charge in [-0.1, -0.05) is 0 Å². The number of carbonyl (C=O) groups excluding carboxylic acids is 2. The zero-order chi connectivity index (χ0) is 16.5. The van der Waals surface area contributed by atoms with Gasteiger partial charge in [0.2, 0.25) is 11.8 Å². The van der Waals surface area contributed by atoms with E-state index in [1.54, 1.807) is 40.9 Å². The molecule has 1 aliphatic rings. The second kappa shape index (κ2) is 5.93. The smallest absolute Gasteiger partial charge is 0.231 e. The standard InChI is InChI=1S/C15H13N5O3S/c21-13-6-9(8-20(13)15-16-3-5-24-15)14(22)17-12-7-10(18-19-12)11-2-1-4-23-11/h1-5,7,9H,6,8H2,(H2,17,18,19,22). The Morgan fingerprint density at radius 3 is 3.17 bits per heavy atom. The van der Waals surface area contributed by atoms with E-state index in [9.17, 15) is 9.59 Å². The predicted octanol–water partition coefficient (Wildman–Crippen LogP) is 2.12. The average molecular weight is 343 g/mol. The van der Waals surface area contributed by atoms with E-state index in [0.29, 0.717) is 28.9 Å². The van der Waals surface area contributed by atoms with Gasteiger partial charge in [0.25, 0.3) is 0 Å². The lowest BCUT2D eigenvalue weighted by molar-refractivity contribution is -0.122. The summed E-state index contributed by atoms with van der Waals surface area (Å²) >= 11 is 1.38. The van der Waals surface area contributed by atoms with Gasteiger partial charge in [-0.25, -0.2) is 4.98 Å². The number of nitrogens with zero attached hydrogens (tertiary/aromatic N) is 3. The highest BCUT2D eigenvalue weighted by Crippen LogP contribution is 2.27. The molecule has 1 unspecified atom stereocenters. The lowest BCUT2D eigenvalue weighted by Gasteiger charge is -2.12. The Balaban J connectivity index is 1.43. The molecule has 1 saturated heterocycles. The third-order valence-corrected chi connectivity index (χ3v) is 4.56. The molecule has 3 aromatic rings. The SMILES string of the molecule is O=C(Nc1cc(-c2ccco2)[nH]n1)C1CC(=O)N(c2nccs2)C1. The average Bonchev–Trinajstić information content (AvgIpc) is 3.34. The van der Waals surface area contributed by atoms with E-state index >= 15 is 0 Å². The lowest BCUT2D eigenvalue weighted by Crippen LogP contribution is -2.28. The van der Waals surface area contributed by atoms with Gasteiger partial charge < -0.3 is 9.73 Å². The first-order chi connectivity index (χ1) is 11.7. The van der Waals surface area contributed by atoms with Crippen molar-refractivity contribution >= 4 is 34.1 Å². The molecule has 4 heterocycles. The van der Waals surface area contributed by atoms with Crippen LogP contribution in [0, 0.1) is 5.92 Å². The highest BCUT2D eigenvalue weighted by Gasteiger charge is 2.36. The molecule has 24 heavy (non-hydrogen) atoms. The Morgan fingerprint density at radius 1 is 1.50 bits per heavy atom. The Labute approximate surface area is 140 Å². The summed E-state index contributed by atoms with van der Waals surface area (Å²) in [4.78, 5) is 30.1. The van der Waals surface area contributed by atoms with Crippen LogP contribution in [0.3, 0.4) is 0 Å². The molecule has 122 valence electrons. The number of nitrogens with one attached hydrogen (secondary N) is 2. The van der Waals surface area contributed by atoms with Crippen molar-refractivity contribution in [3.8, 4) is 11.5 Å². The molecule has 3 aromatic heterocycles. The first-order valence-electron chi connectivity index (χ1n) is 7.31. The fourth-order valence-corrected chi connectivity index (χ4v) is 3.26. The first kappa shape index (κ1) is 14.6. The van der Waals surface area contributed by atoms with Crippen molar-refractivity contribution in [3.05, 3.63) is 36.0 Å². The summed E-state index contributed by atoms with van der Waals surface area (Å²) in [5.41, 5.74) is 0.669. The number of thiazole rings is 1. The number of aromatic amines is 1. The van der Waals surface area contributed by atoms with Gasteiger partial charge in [-0.15, -0.1) is 11.3 Å². The summed E-state index contributed by atoms with van der Waals surface area (Å²) in [6.07, 6.45) is 3.37. The fourth-order valence-electron chi connectivity index (χ4n) is 2.59. The van der Waals surface area contributed by atoms with E-state index in [1.807, 2.05) is 0 Å². The zero-order valence-corrected chi connectivity index (χ0v) is 13.2. The number of hydrogen-bond donors (Lipinski definition) is 2. The van der Waals surface area contributed by atoms with Crippen molar-refractivity contribution in [2.24, 2.45) is 5.92 Å². The third kappa shape index (κ3) is 2.69. The van der Waals surface area contributed by atoms with Crippen molar-refractivity contribution in [2.45, 2.75) is 6.42 Å². The number of amides is 2. The number of rotatable bonds is 4. The Bertz CT molecular complexity index is 856. The van der Waals surface area contributed by atoms with Crippen LogP contribution in [-0.4, -0.2) is 33.5 Å². The van der Waals surface area contributed by atoms with E-state index < -0.39 is 5.92 Å². The molecule has 2 N–H and O–H groups in total. The van der Waals surface area contributed by atoms with Crippen LogP contribution in [0.4, 0.5) is 10.9 Å². The Hall–Kier alpha value is -2.94. The van der Waals surface area contributed by atoms with E-state index in [1.165, 1.54) is 11.3 Å². The second-order valence-electron chi connectivity index (χ2n) is 5.35. The third-order valence-electron chi connectivity index (χ3n) is 3.76. The number of aromatic nitrogens is 3. The molecule has 1 atom stereocenters. The van der Waals surface area contributed by atoms with Crippen LogP contribution >= 0.6 is 11.3 Å². The van der Waals surface area contributed by atoms with Crippen molar-refractivity contribution in [2.75, 3.05) is 16.8 Å². The molecule has 2 amide bonds. The quantitative estimate of drug-likeness (QED) is 0.755. The number of carbonyl (C=O) groups is 2. The van der Waals surface area contributed by atoms with E-state index in [-0.39, 0.29) is 18.2 Å². The summed E-state index contributed by atoms with van der Waals surface area (Å²) in [5.74, 6) is 0.272. The molecule has 1 fully saturated rings. The Kier molecular flexibility index (Phi) is 3.62. The molecule has 0 spiro atoms. The maximum Gasteiger partial charge on any atom is 0.231 e. The molecule has 0 saturated carbocycles. The van der Waals surface area contributed by atoms with Crippen LogP contribution in [0.2, 0.25) is 0 Å². The highest BCUT2D eigenvalue weighted by molar-refractivity contribution is 7.13. The minimum absolute atomic E-state index is 0.0941. The van der Waals surface area contributed by atoms with E-state index in [0.717, 1.165) is 0 Å². The highest BCUT2D eigenvalue weighted by atomic mass is 32.1. The molecule has 1 aliphatic heterocycles. The molecule has 0 bridgehead atoms. The molecular weight excluding hydrogens is 330 g/mol. The van der Waals surface area contributed by atoms with Gasteiger partial charge in [0.05, 0.1) is 12.2 Å². The van der Waals surface area contributed by atoms with E-state index in [2.05, 4.69) is 20.5 Å². The van der Waals surface area contributed by atoms with Gasteiger partial charge in [-0.05, 0) is 12.1 Å². The Morgan fingerprint density at radius 2 is 2.42 bits per heavy atom. The summed E-state index contributed by atoms with van der Waals surface area (Å²) in [6, 6.07) is 5.25. The van der Waals surface area contributed by atoms with Crippen LogP contribution in [0.25, 0.3) is 11.5 Å². The fraction of sp³-hybridized carbons (Fsp3) is 0.200. The van der Waals surface area contributed by atoms with Crippen LogP contribution in [0.15, 0.2) is 40.5 Å². The van der Waals surface area contributed by atoms with Crippen LogP contribution < -0.4 is 10.2 Å². The van der Waals surface area contributed by atoms with Crippen LogP contribution in [-0.2, 0) is 9.59 Å². The molecule has 0 aromatic carbocycles. The summed E-state index contributed by atoms with van der Waals surface area (Å²) in [6.45, 7) is 0.327. The number of furan rings is 1. The van der Waals surface area contributed by atoms with Gasteiger partial charge in [-0.3, -0.25) is 19.6 Å². The monoisotopic (exact) mass is 343 g/mol. The van der Waals surface area contributed by atoms with Gasteiger partial charge in [-0.2, -0.15) is 5.10 Å². The first-order valence-corrected chi connectivity index (χ1v) is 8.18. The normalized spacial score (nSPS) is 17.4. The summed E-state index contributed by atoms with van der Waals surface area (Å²) in [7, 11) is 0. The predicted molar refractivity (Wildman–Crippen MR) is 87.5 cm³/mol. The van der Waals surface area contributed by atoms with Crippen molar-refractivity contribution in [1.29, 1.82) is 0 Å². The number of hydrogen-bond acceptors (Lipinski definition) is 6. The topological polar surface area (TPSA) is 104 Å². The van der Waals surface area contributed by atoms with Crippen molar-refractivity contribution < 1.29 is 14.0 Å². The van der Waals surface area contributed by atoms with Gasteiger partial charge in [0, 0.05) is 30.6 Å². The summed E-state index contributed by atoms with van der Waals surface area (Å²) < 4.78 is 5.27. The maximum absolute atomic E-state index is 12.4. The molecule has 9 heteroatoms. The molecule has 0 aliphatic carbocycles. The minimum atomic E-state index is -0.426. The molecule has 4 rings (SSSR count). The van der Waals surface area contributed by atoms with Gasteiger partial charge in [0.15, 0.2) is 16.7 Å². The lowest BCUT2D eigenvalue weighted by atomic mass is 10.1.